The van der Waals surface area contributed by atoms with E-state index in [4.69, 9.17) is 4.74 Å². The van der Waals surface area contributed by atoms with Crippen LogP contribution in [0.25, 0.3) is 0 Å². The molecule has 0 spiro atoms. The molecule has 4 aromatic carbocycles. The van der Waals surface area contributed by atoms with Gasteiger partial charge < -0.3 is 4.74 Å². The van der Waals surface area contributed by atoms with Gasteiger partial charge in [-0.15, -0.1) is 0 Å². The van der Waals surface area contributed by atoms with E-state index in [2.05, 4.69) is 0 Å². The van der Waals surface area contributed by atoms with Crippen molar-refractivity contribution in [2.75, 3.05) is 4.90 Å². The summed E-state index contributed by atoms with van der Waals surface area (Å²) in [4.78, 5) is 40.3. The molecular weight excluding hydrogens is 426 g/mol. The fourth-order valence-corrected chi connectivity index (χ4v) is 4.13. The maximum atomic E-state index is 13.2. The maximum absolute atomic E-state index is 13.2. The van der Waals surface area contributed by atoms with Gasteiger partial charge in [0.25, 0.3) is 11.8 Å². The average molecular weight is 447 g/mol. The number of benzene rings is 4. The van der Waals surface area contributed by atoms with E-state index in [1.807, 2.05) is 73.7 Å². The van der Waals surface area contributed by atoms with E-state index in [-0.39, 0.29) is 16.7 Å². The van der Waals surface area contributed by atoms with Gasteiger partial charge in [0.2, 0.25) is 0 Å². The summed E-state index contributed by atoms with van der Waals surface area (Å²) in [5, 5.41) is 0. The van der Waals surface area contributed by atoms with Gasteiger partial charge in [0, 0.05) is 0 Å². The van der Waals surface area contributed by atoms with Crippen molar-refractivity contribution in [2.45, 2.75) is 13.0 Å². The molecule has 0 saturated carbocycles. The van der Waals surface area contributed by atoms with Gasteiger partial charge in [-0.1, -0.05) is 72.8 Å². The van der Waals surface area contributed by atoms with Gasteiger partial charge in [-0.05, 0) is 53.9 Å². The molecule has 5 rings (SSSR count). The smallest absolute Gasteiger partial charge is 0.339 e. The van der Waals surface area contributed by atoms with Crippen molar-refractivity contribution in [2.24, 2.45) is 0 Å². The Morgan fingerprint density at radius 1 is 0.706 bits per heavy atom. The molecule has 0 unspecified atom stereocenters. The molecule has 4 aromatic rings. The summed E-state index contributed by atoms with van der Waals surface area (Å²) >= 11 is 0. The van der Waals surface area contributed by atoms with Crippen LogP contribution in [-0.2, 0) is 4.74 Å². The number of esters is 1. The van der Waals surface area contributed by atoms with Crippen LogP contribution in [0.4, 0.5) is 5.69 Å². The molecule has 5 nitrogen and oxygen atoms in total. The molecule has 0 radical (unpaired) electrons. The van der Waals surface area contributed by atoms with E-state index in [1.54, 1.807) is 18.2 Å². The topological polar surface area (TPSA) is 63.7 Å². The third-order valence-corrected chi connectivity index (χ3v) is 5.81. The summed E-state index contributed by atoms with van der Waals surface area (Å²) in [7, 11) is 0. The van der Waals surface area contributed by atoms with Gasteiger partial charge in [0.1, 0.15) is 0 Å². The minimum absolute atomic E-state index is 0.192. The normalized spacial score (nSPS) is 12.7. The van der Waals surface area contributed by atoms with Crippen LogP contribution in [0.1, 0.15) is 53.9 Å². The number of carbonyl (C=O) groups excluding carboxylic acids is 3. The van der Waals surface area contributed by atoms with Crippen molar-refractivity contribution in [1.82, 2.24) is 0 Å². The highest BCUT2D eigenvalue weighted by Crippen LogP contribution is 2.31. The summed E-state index contributed by atoms with van der Waals surface area (Å²) in [5.74, 6) is -1.44. The van der Waals surface area contributed by atoms with Crippen LogP contribution in [-0.4, -0.2) is 17.8 Å². The molecule has 0 aromatic heterocycles. The third kappa shape index (κ3) is 3.88. The predicted molar refractivity (Wildman–Crippen MR) is 129 cm³/mol. The van der Waals surface area contributed by atoms with Crippen molar-refractivity contribution >= 4 is 23.5 Å². The first-order valence-electron chi connectivity index (χ1n) is 10.9. The minimum atomic E-state index is -0.607. The lowest BCUT2D eigenvalue weighted by molar-refractivity contribution is 0.0378. The second-order valence-electron chi connectivity index (χ2n) is 8.15. The first-order valence-corrected chi connectivity index (χ1v) is 10.9. The van der Waals surface area contributed by atoms with Crippen molar-refractivity contribution < 1.29 is 19.1 Å². The molecule has 0 fully saturated rings. The number of fused-ring (bicyclic) bond motifs is 1. The van der Waals surface area contributed by atoms with E-state index in [9.17, 15) is 14.4 Å². The lowest BCUT2D eigenvalue weighted by Crippen LogP contribution is -2.29. The summed E-state index contributed by atoms with van der Waals surface area (Å²) in [6.07, 6.45) is -0.607. The zero-order chi connectivity index (χ0) is 23.7. The molecule has 166 valence electrons. The highest BCUT2D eigenvalue weighted by atomic mass is 16.5. The average Bonchev–Trinajstić information content (AvgIpc) is 3.12. The fourth-order valence-electron chi connectivity index (χ4n) is 4.13. The van der Waals surface area contributed by atoms with E-state index >= 15 is 0 Å². The molecular formula is C29H21NO4. The fraction of sp³-hybridized carbons (Fsp3) is 0.0690. The molecule has 0 bridgehead atoms. The molecule has 1 aliphatic rings. The third-order valence-electron chi connectivity index (χ3n) is 5.81. The summed E-state index contributed by atoms with van der Waals surface area (Å²) < 4.78 is 5.91. The van der Waals surface area contributed by atoms with Crippen LogP contribution in [0.3, 0.4) is 0 Å². The second-order valence-corrected chi connectivity index (χ2v) is 8.15. The van der Waals surface area contributed by atoms with E-state index < -0.39 is 23.9 Å². The number of hydrogen-bond donors (Lipinski definition) is 0. The first kappa shape index (κ1) is 21.3. The Morgan fingerprint density at radius 2 is 1.32 bits per heavy atom. The van der Waals surface area contributed by atoms with Gasteiger partial charge in [0.05, 0.1) is 22.4 Å². The summed E-state index contributed by atoms with van der Waals surface area (Å²) in [6, 6.07) is 30.6. The Labute approximate surface area is 197 Å². The van der Waals surface area contributed by atoms with Crippen molar-refractivity contribution in [3.63, 3.8) is 0 Å². The van der Waals surface area contributed by atoms with Crippen molar-refractivity contribution in [1.29, 1.82) is 0 Å². The second kappa shape index (κ2) is 8.79. The number of hydrogen-bond acceptors (Lipinski definition) is 4. The molecule has 1 heterocycles. The van der Waals surface area contributed by atoms with Crippen molar-refractivity contribution in [3.05, 3.63) is 137 Å². The van der Waals surface area contributed by atoms with E-state index in [0.717, 1.165) is 21.6 Å². The molecule has 0 aliphatic carbocycles. The van der Waals surface area contributed by atoms with Gasteiger partial charge in [0.15, 0.2) is 6.10 Å². The number of amides is 2. The quantitative estimate of drug-likeness (QED) is 0.289. The Hall–Kier alpha value is -4.51. The van der Waals surface area contributed by atoms with Crippen LogP contribution in [0.5, 0.6) is 0 Å². The Bertz CT molecular complexity index is 1360. The van der Waals surface area contributed by atoms with Crippen LogP contribution in [0.15, 0.2) is 103 Å². The number of carbonyl (C=O) groups is 3. The Balaban J connectivity index is 1.45. The SMILES string of the molecule is Cc1cccc(N2C(=O)c3ccc(C(=O)OC(c4ccccc4)c4ccccc4)cc3C2=O)c1. The Kier molecular flexibility index (Phi) is 5.52. The Morgan fingerprint density at radius 3 is 1.94 bits per heavy atom. The van der Waals surface area contributed by atoms with Crippen molar-refractivity contribution in [3.8, 4) is 0 Å². The van der Waals surface area contributed by atoms with E-state index in [1.165, 1.54) is 18.2 Å². The van der Waals surface area contributed by atoms with Gasteiger partial charge >= 0.3 is 5.97 Å². The molecule has 0 atom stereocenters. The number of aryl methyl sites for hydroxylation is 1. The van der Waals surface area contributed by atoms with Gasteiger partial charge in [-0.25, -0.2) is 9.69 Å². The van der Waals surface area contributed by atoms with Gasteiger partial charge in [-0.2, -0.15) is 0 Å². The molecule has 34 heavy (non-hydrogen) atoms. The highest BCUT2D eigenvalue weighted by Gasteiger charge is 2.37. The molecule has 1 aliphatic heterocycles. The van der Waals surface area contributed by atoms with Gasteiger partial charge in [-0.3, -0.25) is 9.59 Å². The molecule has 0 N–H and O–H groups in total. The monoisotopic (exact) mass is 447 g/mol. The highest BCUT2D eigenvalue weighted by molar-refractivity contribution is 6.34. The van der Waals surface area contributed by atoms with Crippen LogP contribution >= 0.6 is 0 Å². The molecule has 2 amide bonds. The van der Waals surface area contributed by atoms with Crippen LogP contribution < -0.4 is 4.90 Å². The predicted octanol–water partition coefficient (Wildman–Crippen LogP) is 5.74. The molecule has 5 heteroatoms. The number of anilines is 1. The maximum Gasteiger partial charge on any atom is 0.339 e. The zero-order valence-electron chi connectivity index (χ0n) is 18.5. The molecule has 0 saturated heterocycles. The zero-order valence-corrected chi connectivity index (χ0v) is 18.5. The number of nitrogens with zero attached hydrogens (tertiary/aromatic N) is 1. The largest absolute Gasteiger partial charge is 0.449 e. The minimum Gasteiger partial charge on any atom is -0.449 e. The lowest BCUT2D eigenvalue weighted by atomic mass is 10.0. The summed E-state index contributed by atoms with van der Waals surface area (Å²) in [6.45, 7) is 1.89. The van der Waals surface area contributed by atoms with Crippen LogP contribution in [0.2, 0.25) is 0 Å². The number of ether oxygens (including phenoxy) is 1. The number of imide groups is 1. The first-order chi connectivity index (χ1) is 16.5. The standard InChI is InChI=1S/C29H21NO4/c1-19-9-8-14-23(17-19)30-27(31)24-16-15-22(18-25(24)28(30)32)29(33)34-26(20-10-4-2-5-11-20)21-12-6-3-7-13-21/h2-18,26H,1H3. The lowest BCUT2D eigenvalue weighted by Gasteiger charge is -2.19. The number of rotatable bonds is 5. The van der Waals surface area contributed by atoms with E-state index in [0.29, 0.717) is 5.69 Å². The summed E-state index contributed by atoms with van der Waals surface area (Å²) in [5.41, 5.74) is 3.78. The van der Waals surface area contributed by atoms with Crippen LogP contribution in [0, 0.1) is 6.92 Å².